The van der Waals surface area contributed by atoms with Crippen molar-refractivity contribution in [2.45, 2.75) is 11.3 Å². The van der Waals surface area contributed by atoms with E-state index in [4.69, 9.17) is 0 Å². The molecule has 0 heterocycles. The fourth-order valence-electron chi connectivity index (χ4n) is 2.94. The van der Waals surface area contributed by atoms with Gasteiger partial charge in [0.25, 0.3) is 5.91 Å². The first-order chi connectivity index (χ1) is 14.2. The van der Waals surface area contributed by atoms with E-state index in [-0.39, 0.29) is 18.4 Å². The third kappa shape index (κ3) is 6.22. The van der Waals surface area contributed by atoms with Gasteiger partial charge in [0.05, 0.1) is 6.54 Å². The van der Waals surface area contributed by atoms with E-state index in [1.165, 1.54) is 10.5 Å². The molecule has 0 atom stereocenters. The first-order valence-electron chi connectivity index (χ1n) is 9.49. The van der Waals surface area contributed by atoms with Crippen LogP contribution in [0.3, 0.4) is 0 Å². The Morgan fingerprint density at radius 1 is 0.828 bits per heavy atom. The van der Waals surface area contributed by atoms with Gasteiger partial charge in [-0.3, -0.25) is 9.59 Å². The van der Waals surface area contributed by atoms with Gasteiger partial charge in [-0.15, -0.1) is 11.8 Å². The Labute approximate surface area is 175 Å². The second-order valence-corrected chi connectivity index (χ2v) is 7.46. The van der Waals surface area contributed by atoms with Gasteiger partial charge >= 0.3 is 0 Å². The second-order valence-electron chi connectivity index (χ2n) is 6.58. The number of hydrogen-bond acceptors (Lipinski definition) is 3. The average Bonchev–Trinajstić information content (AvgIpc) is 2.78. The van der Waals surface area contributed by atoms with Crippen molar-refractivity contribution >= 4 is 23.6 Å². The van der Waals surface area contributed by atoms with Crippen molar-refractivity contribution in [3.05, 3.63) is 90.0 Å². The van der Waals surface area contributed by atoms with E-state index >= 15 is 0 Å². The highest BCUT2D eigenvalue weighted by Gasteiger charge is 2.09. The number of carbonyl (C=O) groups is 2. The normalized spacial score (nSPS) is 10.4. The summed E-state index contributed by atoms with van der Waals surface area (Å²) < 4.78 is 0. The summed E-state index contributed by atoms with van der Waals surface area (Å²) in [6.07, 6.45) is 2.80. The van der Waals surface area contributed by atoms with Crippen LogP contribution < -0.4 is 10.6 Å². The summed E-state index contributed by atoms with van der Waals surface area (Å²) in [6.45, 7) is 0.501. The first-order valence-corrected chi connectivity index (χ1v) is 10.7. The van der Waals surface area contributed by atoms with Crippen LogP contribution in [0.15, 0.2) is 83.8 Å². The molecule has 0 aromatic heterocycles. The Bertz CT molecular complexity index is 956. The molecule has 0 aliphatic heterocycles. The molecule has 0 fully saturated rings. The van der Waals surface area contributed by atoms with E-state index in [1.54, 1.807) is 17.8 Å². The Hall–Kier alpha value is -3.05. The van der Waals surface area contributed by atoms with Crippen LogP contribution in [-0.4, -0.2) is 31.2 Å². The van der Waals surface area contributed by atoms with Crippen molar-refractivity contribution in [3.63, 3.8) is 0 Å². The van der Waals surface area contributed by atoms with Gasteiger partial charge in [-0.1, -0.05) is 54.6 Å². The predicted molar refractivity (Wildman–Crippen MR) is 119 cm³/mol. The molecule has 3 aromatic rings. The molecule has 0 spiro atoms. The van der Waals surface area contributed by atoms with Crippen molar-refractivity contribution < 1.29 is 9.59 Å². The second kappa shape index (κ2) is 10.5. The number of amides is 2. The third-order valence-electron chi connectivity index (χ3n) is 4.54. The van der Waals surface area contributed by atoms with Crippen molar-refractivity contribution in [3.8, 4) is 11.1 Å². The molecule has 4 nitrogen and oxygen atoms in total. The lowest BCUT2D eigenvalue weighted by molar-refractivity contribution is -0.120. The van der Waals surface area contributed by atoms with Gasteiger partial charge in [-0.05, 0) is 53.6 Å². The Balaban J connectivity index is 1.50. The summed E-state index contributed by atoms with van der Waals surface area (Å²) in [4.78, 5) is 25.6. The summed E-state index contributed by atoms with van der Waals surface area (Å²) in [5.74, 6) is -0.455. The Morgan fingerprint density at radius 2 is 1.59 bits per heavy atom. The lowest BCUT2D eigenvalue weighted by Gasteiger charge is -2.09. The molecule has 0 aliphatic rings. The Kier molecular flexibility index (Phi) is 7.47. The van der Waals surface area contributed by atoms with Crippen LogP contribution in [0.2, 0.25) is 0 Å². The van der Waals surface area contributed by atoms with Gasteiger partial charge in [-0.2, -0.15) is 0 Å². The van der Waals surface area contributed by atoms with Gasteiger partial charge in [0.2, 0.25) is 5.91 Å². The SMILES string of the molecule is CSc1ccc(-c2cccc(C(=O)NCC(=O)NCCc3ccccc3)c2)cc1. The molecule has 3 aromatic carbocycles. The standard InChI is InChI=1S/C24H24N2O2S/c1-29-22-12-10-19(11-13-22)20-8-5-9-21(16-20)24(28)26-17-23(27)25-15-14-18-6-3-2-4-7-18/h2-13,16H,14-15,17H2,1H3,(H,25,27)(H,26,28). The van der Waals surface area contributed by atoms with Gasteiger partial charge in [0.15, 0.2) is 0 Å². The molecule has 0 saturated carbocycles. The lowest BCUT2D eigenvalue weighted by Crippen LogP contribution is -2.37. The topological polar surface area (TPSA) is 58.2 Å². The summed E-state index contributed by atoms with van der Waals surface area (Å²) in [6, 6.07) is 25.6. The number of nitrogens with one attached hydrogen (secondary N) is 2. The summed E-state index contributed by atoms with van der Waals surface area (Å²) in [5.41, 5.74) is 3.72. The molecule has 0 aliphatic carbocycles. The minimum absolute atomic E-state index is 0.0414. The number of benzene rings is 3. The maximum atomic E-state index is 12.4. The molecule has 0 radical (unpaired) electrons. The molecule has 3 rings (SSSR count). The molecule has 29 heavy (non-hydrogen) atoms. The number of rotatable bonds is 8. The lowest BCUT2D eigenvalue weighted by atomic mass is 10.0. The quantitative estimate of drug-likeness (QED) is 0.554. The van der Waals surface area contributed by atoms with Crippen molar-refractivity contribution in [1.29, 1.82) is 0 Å². The smallest absolute Gasteiger partial charge is 0.251 e. The van der Waals surface area contributed by atoms with Gasteiger partial charge in [-0.25, -0.2) is 0 Å². The van der Waals surface area contributed by atoms with Crippen LogP contribution in [0.5, 0.6) is 0 Å². The number of thioether (sulfide) groups is 1. The monoisotopic (exact) mass is 404 g/mol. The van der Waals surface area contributed by atoms with Crippen LogP contribution in [0.4, 0.5) is 0 Å². The molecule has 2 amide bonds. The minimum atomic E-state index is -0.259. The first kappa shape index (κ1) is 20.7. The van der Waals surface area contributed by atoms with Crippen LogP contribution in [-0.2, 0) is 11.2 Å². The van der Waals surface area contributed by atoms with Gasteiger partial charge < -0.3 is 10.6 Å². The molecule has 2 N–H and O–H groups in total. The maximum absolute atomic E-state index is 12.4. The van der Waals surface area contributed by atoms with Crippen LogP contribution in [0, 0.1) is 0 Å². The van der Waals surface area contributed by atoms with Crippen molar-refractivity contribution in [2.75, 3.05) is 19.3 Å². The molecule has 148 valence electrons. The molecular formula is C24H24N2O2S. The number of hydrogen-bond donors (Lipinski definition) is 2. The van der Waals surface area contributed by atoms with Crippen molar-refractivity contribution in [2.24, 2.45) is 0 Å². The zero-order valence-electron chi connectivity index (χ0n) is 16.4. The van der Waals surface area contributed by atoms with Crippen LogP contribution in [0.25, 0.3) is 11.1 Å². The van der Waals surface area contributed by atoms with E-state index in [0.29, 0.717) is 12.1 Å². The zero-order chi connectivity index (χ0) is 20.5. The minimum Gasteiger partial charge on any atom is -0.354 e. The maximum Gasteiger partial charge on any atom is 0.251 e. The van der Waals surface area contributed by atoms with E-state index in [9.17, 15) is 9.59 Å². The predicted octanol–water partition coefficient (Wildman–Crippen LogP) is 4.16. The zero-order valence-corrected chi connectivity index (χ0v) is 17.2. The number of carbonyl (C=O) groups excluding carboxylic acids is 2. The fraction of sp³-hybridized carbons (Fsp3) is 0.167. The molecule has 0 unspecified atom stereocenters. The highest BCUT2D eigenvalue weighted by atomic mass is 32.2. The summed E-state index contributed by atoms with van der Waals surface area (Å²) in [7, 11) is 0. The molecule has 5 heteroatoms. The van der Waals surface area contributed by atoms with Gasteiger partial charge in [0, 0.05) is 17.0 Å². The highest BCUT2D eigenvalue weighted by molar-refractivity contribution is 7.98. The average molecular weight is 405 g/mol. The third-order valence-corrected chi connectivity index (χ3v) is 5.28. The van der Waals surface area contributed by atoms with E-state index in [0.717, 1.165) is 17.5 Å². The van der Waals surface area contributed by atoms with Gasteiger partial charge in [0.1, 0.15) is 0 Å². The van der Waals surface area contributed by atoms with E-state index < -0.39 is 0 Å². The van der Waals surface area contributed by atoms with Crippen LogP contribution in [0.1, 0.15) is 15.9 Å². The fourth-order valence-corrected chi connectivity index (χ4v) is 3.35. The summed E-state index contributed by atoms with van der Waals surface area (Å²) >= 11 is 1.69. The Morgan fingerprint density at radius 3 is 2.31 bits per heavy atom. The highest BCUT2D eigenvalue weighted by Crippen LogP contribution is 2.23. The summed E-state index contributed by atoms with van der Waals surface area (Å²) in [5, 5.41) is 5.52. The molecular weight excluding hydrogens is 380 g/mol. The van der Waals surface area contributed by atoms with E-state index in [2.05, 4.69) is 22.8 Å². The largest absolute Gasteiger partial charge is 0.354 e. The molecule has 0 bridgehead atoms. The molecule has 0 saturated heterocycles. The van der Waals surface area contributed by atoms with Crippen molar-refractivity contribution in [1.82, 2.24) is 10.6 Å². The van der Waals surface area contributed by atoms with E-state index in [1.807, 2.05) is 66.9 Å². The van der Waals surface area contributed by atoms with Crippen LogP contribution >= 0.6 is 11.8 Å².